The first kappa shape index (κ1) is 16.1. The van der Waals surface area contributed by atoms with Crippen molar-refractivity contribution in [2.24, 2.45) is 0 Å². The molecule has 0 unspecified atom stereocenters. The van der Waals surface area contributed by atoms with E-state index in [1.54, 1.807) is 24.3 Å². The van der Waals surface area contributed by atoms with E-state index in [-0.39, 0.29) is 12.1 Å². The molecular formula is C15H21ClN2O3. The van der Waals surface area contributed by atoms with Crippen molar-refractivity contribution in [1.82, 2.24) is 5.32 Å². The molecule has 2 rings (SSSR count). The summed E-state index contributed by atoms with van der Waals surface area (Å²) in [7, 11) is 0. The van der Waals surface area contributed by atoms with Gasteiger partial charge in [-0.1, -0.05) is 11.6 Å². The molecule has 0 aromatic heterocycles. The lowest BCUT2D eigenvalue weighted by Gasteiger charge is -2.10. The van der Waals surface area contributed by atoms with Crippen molar-refractivity contribution >= 4 is 23.3 Å². The Hall–Kier alpha value is -1.30. The first-order valence-corrected chi connectivity index (χ1v) is 7.61. The minimum absolute atomic E-state index is 0.226. The number of nitrogens with one attached hydrogen (secondary N) is 2. The number of urea groups is 1. The summed E-state index contributed by atoms with van der Waals surface area (Å²) in [5.74, 6) is 0. The van der Waals surface area contributed by atoms with Crippen molar-refractivity contribution < 1.29 is 14.3 Å². The number of carbonyl (C=O) groups excluding carboxylic acids is 1. The van der Waals surface area contributed by atoms with Gasteiger partial charge in [0.2, 0.25) is 0 Å². The number of carbonyl (C=O) groups is 1. The molecule has 1 aliphatic rings. The van der Waals surface area contributed by atoms with E-state index in [0.29, 0.717) is 30.5 Å². The molecule has 0 bridgehead atoms. The van der Waals surface area contributed by atoms with Gasteiger partial charge in [0.05, 0.1) is 12.7 Å². The molecule has 0 saturated carbocycles. The molecule has 6 heteroatoms. The molecule has 5 nitrogen and oxygen atoms in total. The Labute approximate surface area is 130 Å². The molecule has 0 spiro atoms. The molecular weight excluding hydrogens is 292 g/mol. The molecule has 21 heavy (non-hydrogen) atoms. The van der Waals surface area contributed by atoms with Crippen LogP contribution in [0.25, 0.3) is 0 Å². The average Bonchev–Trinajstić information content (AvgIpc) is 2.98. The summed E-state index contributed by atoms with van der Waals surface area (Å²) in [6.07, 6.45) is 3.24. The van der Waals surface area contributed by atoms with Gasteiger partial charge in [-0.2, -0.15) is 0 Å². The lowest BCUT2D eigenvalue weighted by molar-refractivity contribution is 0.0168. The summed E-state index contributed by atoms with van der Waals surface area (Å²) in [4.78, 5) is 11.6. The maximum absolute atomic E-state index is 11.6. The van der Waals surface area contributed by atoms with Crippen molar-refractivity contribution in [3.63, 3.8) is 0 Å². The van der Waals surface area contributed by atoms with Crippen LogP contribution in [-0.4, -0.2) is 38.5 Å². The fraction of sp³-hybridized carbons (Fsp3) is 0.533. The summed E-state index contributed by atoms with van der Waals surface area (Å²) >= 11 is 5.78. The quantitative estimate of drug-likeness (QED) is 0.761. The number of halogens is 1. The van der Waals surface area contributed by atoms with E-state index in [2.05, 4.69) is 10.6 Å². The van der Waals surface area contributed by atoms with Crippen LogP contribution >= 0.6 is 11.6 Å². The fourth-order valence-corrected chi connectivity index (χ4v) is 2.20. The third-order valence-electron chi connectivity index (χ3n) is 3.18. The Balaban J connectivity index is 1.49. The van der Waals surface area contributed by atoms with Gasteiger partial charge in [-0.15, -0.1) is 0 Å². The standard InChI is InChI=1S/C15H21ClN2O3/c16-12-4-6-13(7-5-12)18-15(19)17-8-2-9-20-11-14-3-1-10-21-14/h4-7,14H,1-3,8-11H2,(H2,17,18,19)/t14-/m1/s1. The first-order valence-electron chi connectivity index (χ1n) is 7.24. The van der Waals surface area contributed by atoms with Crippen LogP contribution in [0.5, 0.6) is 0 Å². The van der Waals surface area contributed by atoms with E-state index in [0.717, 1.165) is 25.9 Å². The molecule has 1 fully saturated rings. The predicted octanol–water partition coefficient (Wildman–Crippen LogP) is 3.05. The van der Waals surface area contributed by atoms with Crippen molar-refractivity contribution in [1.29, 1.82) is 0 Å². The minimum atomic E-state index is -0.226. The van der Waals surface area contributed by atoms with Crippen molar-refractivity contribution in [3.8, 4) is 0 Å². The molecule has 0 radical (unpaired) electrons. The number of ether oxygens (including phenoxy) is 2. The summed E-state index contributed by atoms with van der Waals surface area (Å²) in [5, 5.41) is 6.16. The molecule has 1 saturated heterocycles. The van der Waals surface area contributed by atoms with E-state index >= 15 is 0 Å². The number of hydrogen-bond donors (Lipinski definition) is 2. The summed E-state index contributed by atoms with van der Waals surface area (Å²) in [5.41, 5.74) is 0.714. The van der Waals surface area contributed by atoms with Crippen LogP contribution < -0.4 is 10.6 Å². The highest BCUT2D eigenvalue weighted by Crippen LogP contribution is 2.13. The zero-order valence-electron chi connectivity index (χ0n) is 11.9. The summed E-state index contributed by atoms with van der Waals surface area (Å²) < 4.78 is 11.0. The van der Waals surface area contributed by atoms with Crippen LogP contribution in [0.1, 0.15) is 19.3 Å². The zero-order valence-corrected chi connectivity index (χ0v) is 12.7. The molecule has 0 aliphatic carbocycles. The minimum Gasteiger partial charge on any atom is -0.379 e. The summed E-state index contributed by atoms with van der Waals surface area (Å²) in [6.45, 7) is 2.70. The normalized spacial score (nSPS) is 17.7. The third kappa shape index (κ3) is 6.33. The van der Waals surface area contributed by atoms with Crippen molar-refractivity contribution in [3.05, 3.63) is 29.3 Å². The van der Waals surface area contributed by atoms with Gasteiger partial charge in [0.15, 0.2) is 0 Å². The van der Waals surface area contributed by atoms with E-state index in [1.165, 1.54) is 0 Å². The lowest BCUT2D eigenvalue weighted by atomic mass is 10.2. The highest BCUT2D eigenvalue weighted by Gasteiger charge is 2.14. The van der Waals surface area contributed by atoms with Crippen molar-refractivity contribution in [2.75, 3.05) is 31.7 Å². The van der Waals surface area contributed by atoms with Crippen molar-refractivity contribution in [2.45, 2.75) is 25.4 Å². The Bertz CT molecular complexity index is 433. The monoisotopic (exact) mass is 312 g/mol. The maximum atomic E-state index is 11.6. The smallest absolute Gasteiger partial charge is 0.319 e. The Morgan fingerprint density at radius 3 is 2.90 bits per heavy atom. The van der Waals surface area contributed by atoms with Crippen LogP contribution in [-0.2, 0) is 9.47 Å². The SMILES string of the molecule is O=C(NCCCOC[C@H]1CCCO1)Nc1ccc(Cl)cc1. The zero-order chi connectivity index (χ0) is 14.9. The highest BCUT2D eigenvalue weighted by molar-refractivity contribution is 6.30. The molecule has 2 N–H and O–H groups in total. The molecule has 1 heterocycles. The van der Waals surface area contributed by atoms with Gasteiger partial charge in [-0.25, -0.2) is 4.79 Å². The topological polar surface area (TPSA) is 59.6 Å². The Kier molecular flexibility index (Phi) is 6.79. The van der Waals surface area contributed by atoms with Crippen LogP contribution in [0.4, 0.5) is 10.5 Å². The maximum Gasteiger partial charge on any atom is 0.319 e. The van der Waals surface area contributed by atoms with E-state index in [1.807, 2.05) is 0 Å². The molecule has 2 amide bonds. The third-order valence-corrected chi connectivity index (χ3v) is 3.43. The lowest BCUT2D eigenvalue weighted by Crippen LogP contribution is -2.30. The second-order valence-corrected chi connectivity index (χ2v) is 5.39. The molecule has 1 aromatic carbocycles. The van der Waals surface area contributed by atoms with Crippen LogP contribution in [0.2, 0.25) is 5.02 Å². The second kappa shape index (κ2) is 8.87. The molecule has 116 valence electrons. The molecule has 1 aromatic rings. The van der Waals surface area contributed by atoms with E-state index < -0.39 is 0 Å². The number of benzene rings is 1. The predicted molar refractivity (Wildman–Crippen MR) is 82.9 cm³/mol. The van der Waals surface area contributed by atoms with Gasteiger partial charge in [0.1, 0.15) is 0 Å². The largest absolute Gasteiger partial charge is 0.379 e. The van der Waals surface area contributed by atoms with Gasteiger partial charge in [0, 0.05) is 30.5 Å². The van der Waals surface area contributed by atoms with E-state index in [4.69, 9.17) is 21.1 Å². The second-order valence-electron chi connectivity index (χ2n) is 4.95. The Morgan fingerprint density at radius 2 is 2.19 bits per heavy atom. The van der Waals surface area contributed by atoms with Crippen LogP contribution in [0.15, 0.2) is 24.3 Å². The average molecular weight is 313 g/mol. The molecule has 1 atom stereocenters. The fourth-order valence-electron chi connectivity index (χ4n) is 2.08. The Morgan fingerprint density at radius 1 is 1.38 bits per heavy atom. The van der Waals surface area contributed by atoms with Gasteiger partial charge < -0.3 is 20.1 Å². The first-order chi connectivity index (χ1) is 10.2. The van der Waals surface area contributed by atoms with E-state index in [9.17, 15) is 4.79 Å². The number of rotatable bonds is 7. The van der Waals surface area contributed by atoms with Gasteiger partial charge in [0.25, 0.3) is 0 Å². The molecule has 1 aliphatic heterocycles. The van der Waals surface area contributed by atoms with Gasteiger partial charge in [-0.05, 0) is 43.5 Å². The summed E-state index contributed by atoms with van der Waals surface area (Å²) in [6, 6.07) is 6.75. The number of amides is 2. The van der Waals surface area contributed by atoms with Crippen LogP contribution in [0, 0.1) is 0 Å². The number of anilines is 1. The van der Waals surface area contributed by atoms with Crippen LogP contribution in [0.3, 0.4) is 0 Å². The van der Waals surface area contributed by atoms with Gasteiger partial charge in [-0.3, -0.25) is 0 Å². The van der Waals surface area contributed by atoms with Gasteiger partial charge >= 0.3 is 6.03 Å². The number of hydrogen-bond acceptors (Lipinski definition) is 3. The highest BCUT2D eigenvalue weighted by atomic mass is 35.5.